The van der Waals surface area contributed by atoms with Crippen molar-refractivity contribution < 1.29 is 18.6 Å². The van der Waals surface area contributed by atoms with Gasteiger partial charge in [-0.25, -0.2) is 8.78 Å². The third-order valence-electron chi connectivity index (χ3n) is 4.58. The molecule has 1 aliphatic heterocycles. The third kappa shape index (κ3) is 2.40. The van der Waals surface area contributed by atoms with Crippen molar-refractivity contribution in [2.45, 2.75) is 37.3 Å². The Balaban J connectivity index is 1.79. The van der Waals surface area contributed by atoms with E-state index in [2.05, 4.69) is 5.32 Å². The van der Waals surface area contributed by atoms with Gasteiger partial charge in [0.2, 0.25) is 0 Å². The van der Waals surface area contributed by atoms with Gasteiger partial charge in [-0.15, -0.1) is 0 Å². The van der Waals surface area contributed by atoms with Crippen LogP contribution in [0.4, 0.5) is 14.5 Å². The quantitative estimate of drug-likeness (QED) is 0.877. The number of hydrogen-bond acceptors (Lipinski definition) is 3. The molecule has 2 fully saturated rings. The molecule has 1 heterocycles. The van der Waals surface area contributed by atoms with Crippen molar-refractivity contribution in [3.63, 3.8) is 0 Å². The number of rotatable bonds is 2. The standard InChI is InChI=1S/C15H19F2NO2/c16-12-5-4-11(8-13(12)17)18-14-3-1-2-10-9-20-7-6-15(10,14)19/h4-5,8,10,14,18-19H,1-3,6-7,9H2/t10?,14?,15-/m1/s1. The normalized spacial score (nSPS) is 33.5. The molecule has 5 heteroatoms. The van der Waals surface area contributed by atoms with Gasteiger partial charge in [0.25, 0.3) is 0 Å². The Hall–Kier alpha value is -1.20. The van der Waals surface area contributed by atoms with Crippen molar-refractivity contribution in [1.82, 2.24) is 0 Å². The summed E-state index contributed by atoms with van der Waals surface area (Å²) >= 11 is 0. The molecular formula is C15H19F2NO2. The van der Waals surface area contributed by atoms with E-state index in [-0.39, 0.29) is 12.0 Å². The number of anilines is 1. The number of aliphatic hydroxyl groups is 1. The highest BCUT2D eigenvalue weighted by atomic mass is 19.2. The molecule has 1 saturated heterocycles. The summed E-state index contributed by atoms with van der Waals surface area (Å²) in [5, 5.41) is 14.1. The van der Waals surface area contributed by atoms with Crippen LogP contribution in [-0.2, 0) is 4.74 Å². The Morgan fingerprint density at radius 2 is 2.10 bits per heavy atom. The lowest BCUT2D eigenvalue weighted by Gasteiger charge is -2.48. The molecule has 1 aromatic rings. The second-order valence-electron chi connectivity index (χ2n) is 5.77. The minimum absolute atomic E-state index is 0.118. The molecule has 1 aliphatic carbocycles. The number of nitrogens with one attached hydrogen (secondary N) is 1. The van der Waals surface area contributed by atoms with Crippen LogP contribution in [0.5, 0.6) is 0 Å². The van der Waals surface area contributed by atoms with Crippen LogP contribution in [-0.4, -0.2) is 30.0 Å². The second kappa shape index (κ2) is 5.30. The highest BCUT2D eigenvalue weighted by molar-refractivity contribution is 5.45. The van der Waals surface area contributed by atoms with E-state index in [0.29, 0.717) is 25.3 Å². The molecule has 0 bridgehead atoms. The molecule has 0 radical (unpaired) electrons. The summed E-state index contributed by atoms with van der Waals surface area (Å²) in [5.74, 6) is -1.61. The average Bonchev–Trinajstić information content (AvgIpc) is 2.43. The summed E-state index contributed by atoms with van der Waals surface area (Å²) in [6, 6.07) is 3.60. The van der Waals surface area contributed by atoms with Gasteiger partial charge in [-0.05, 0) is 25.0 Å². The van der Waals surface area contributed by atoms with E-state index < -0.39 is 17.2 Å². The van der Waals surface area contributed by atoms with E-state index in [1.807, 2.05) is 0 Å². The van der Waals surface area contributed by atoms with E-state index in [1.165, 1.54) is 6.07 Å². The van der Waals surface area contributed by atoms with Crippen LogP contribution >= 0.6 is 0 Å². The van der Waals surface area contributed by atoms with Gasteiger partial charge in [-0.3, -0.25) is 0 Å². The topological polar surface area (TPSA) is 41.5 Å². The highest BCUT2D eigenvalue weighted by Crippen LogP contribution is 2.40. The van der Waals surface area contributed by atoms with Gasteiger partial charge >= 0.3 is 0 Å². The minimum atomic E-state index is -0.874. The van der Waals surface area contributed by atoms with E-state index >= 15 is 0 Å². The van der Waals surface area contributed by atoms with Gasteiger partial charge in [-0.2, -0.15) is 0 Å². The Bertz CT molecular complexity index is 495. The van der Waals surface area contributed by atoms with Crippen LogP contribution in [0.15, 0.2) is 18.2 Å². The zero-order chi connectivity index (χ0) is 14.2. The van der Waals surface area contributed by atoms with Gasteiger partial charge in [0.05, 0.1) is 18.2 Å². The van der Waals surface area contributed by atoms with Crippen molar-refractivity contribution in [2.24, 2.45) is 5.92 Å². The van der Waals surface area contributed by atoms with Crippen LogP contribution in [0.2, 0.25) is 0 Å². The van der Waals surface area contributed by atoms with E-state index in [9.17, 15) is 13.9 Å². The Morgan fingerprint density at radius 1 is 1.25 bits per heavy atom. The maximum Gasteiger partial charge on any atom is 0.160 e. The van der Waals surface area contributed by atoms with E-state index in [1.54, 1.807) is 0 Å². The predicted octanol–water partition coefficient (Wildman–Crippen LogP) is 2.70. The largest absolute Gasteiger partial charge is 0.387 e. The molecule has 0 spiro atoms. The van der Waals surface area contributed by atoms with E-state index in [4.69, 9.17) is 4.74 Å². The molecule has 3 rings (SSSR count). The van der Waals surface area contributed by atoms with Crippen LogP contribution in [0.1, 0.15) is 25.7 Å². The zero-order valence-electron chi connectivity index (χ0n) is 11.2. The molecule has 0 aromatic heterocycles. The Labute approximate surface area is 116 Å². The first kappa shape index (κ1) is 13.8. The molecule has 1 saturated carbocycles. The van der Waals surface area contributed by atoms with Gasteiger partial charge in [0.15, 0.2) is 11.6 Å². The summed E-state index contributed by atoms with van der Waals surface area (Å²) in [6.45, 7) is 1.12. The molecule has 110 valence electrons. The SMILES string of the molecule is O[C@]12CCOCC1CCCC2Nc1ccc(F)c(F)c1. The van der Waals surface area contributed by atoms with Crippen molar-refractivity contribution >= 4 is 5.69 Å². The second-order valence-corrected chi connectivity index (χ2v) is 5.77. The number of ether oxygens (including phenoxy) is 1. The molecule has 0 amide bonds. The fourth-order valence-electron chi connectivity index (χ4n) is 3.40. The van der Waals surface area contributed by atoms with Crippen LogP contribution < -0.4 is 5.32 Å². The Morgan fingerprint density at radius 3 is 2.90 bits per heavy atom. The molecule has 1 aromatic carbocycles. The number of halogens is 2. The van der Waals surface area contributed by atoms with Crippen molar-refractivity contribution in [3.05, 3.63) is 29.8 Å². The monoisotopic (exact) mass is 283 g/mol. The smallest absolute Gasteiger partial charge is 0.160 e. The summed E-state index contributed by atoms with van der Waals surface area (Å²) in [7, 11) is 0. The highest BCUT2D eigenvalue weighted by Gasteiger charge is 2.48. The number of hydrogen-bond donors (Lipinski definition) is 2. The lowest BCUT2D eigenvalue weighted by atomic mass is 9.69. The lowest BCUT2D eigenvalue weighted by Crippen LogP contribution is -2.58. The lowest BCUT2D eigenvalue weighted by molar-refractivity contribution is -0.137. The summed E-state index contributed by atoms with van der Waals surface area (Å²) in [6.07, 6.45) is 3.36. The van der Waals surface area contributed by atoms with Crippen LogP contribution in [0, 0.1) is 17.6 Å². The summed E-state index contributed by atoms with van der Waals surface area (Å²) in [5.41, 5.74) is -0.309. The average molecular weight is 283 g/mol. The number of fused-ring (bicyclic) bond motifs is 1. The first-order valence-electron chi connectivity index (χ1n) is 7.11. The van der Waals surface area contributed by atoms with Crippen molar-refractivity contribution in [3.8, 4) is 0 Å². The van der Waals surface area contributed by atoms with Gasteiger partial charge in [0, 0.05) is 30.7 Å². The van der Waals surface area contributed by atoms with Crippen molar-refractivity contribution in [1.29, 1.82) is 0 Å². The fourth-order valence-corrected chi connectivity index (χ4v) is 3.40. The molecule has 2 N–H and O–H groups in total. The zero-order valence-corrected chi connectivity index (χ0v) is 11.2. The summed E-state index contributed by atoms with van der Waals surface area (Å²) in [4.78, 5) is 0. The molecule has 2 aliphatic rings. The maximum atomic E-state index is 13.3. The first-order valence-corrected chi connectivity index (χ1v) is 7.11. The maximum absolute atomic E-state index is 13.3. The predicted molar refractivity (Wildman–Crippen MR) is 71.5 cm³/mol. The molecular weight excluding hydrogens is 264 g/mol. The van der Waals surface area contributed by atoms with Crippen LogP contribution in [0.25, 0.3) is 0 Å². The summed E-state index contributed by atoms with van der Waals surface area (Å²) < 4.78 is 31.7. The van der Waals surface area contributed by atoms with Gasteiger partial charge in [-0.1, -0.05) is 6.42 Å². The molecule has 3 atom stereocenters. The van der Waals surface area contributed by atoms with Crippen LogP contribution in [0.3, 0.4) is 0 Å². The first-order chi connectivity index (χ1) is 9.59. The van der Waals surface area contributed by atoms with Crippen molar-refractivity contribution in [2.75, 3.05) is 18.5 Å². The number of benzene rings is 1. The third-order valence-corrected chi connectivity index (χ3v) is 4.58. The Kier molecular flexibility index (Phi) is 3.65. The molecule has 2 unspecified atom stereocenters. The molecule has 20 heavy (non-hydrogen) atoms. The van der Waals surface area contributed by atoms with E-state index in [0.717, 1.165) is 31.4 Å². The van der Waals surface area contributed by atoms with Gasteiger partial charge < -0.3 is 15.2 Å². The fraction of sp³-hybridized carbons (Fsp3) is 0.600. The molecule has 3 nitrogen and oxygen atoms in total. The van der Waals surface area contributed by atoms with Gasteiger partial charge in [0.1, 0.15) is 0 Å². The minimum Gasteiger partial charge on any atom is -0.387 e.